The van der Waals surface area contributed by atoms with Crippen molar-refractivity contribution in [1.29, 1.82) is 0 Å². The Bertz CT molecular complexity index is 140. The molecule has 0 amide bonds. The predicted octanol–water partition coefficient (Wildman–Crippen LogP) is 2.25. The van der Waals surface area contributed by atoms with Crippen molar-refractivity contribution >= 4 is 0 Å². The maximum absolute atomic E-state index is 10.1. The molecule has 0 N–H and O–H groups in total. The van der Waals surface area contributed by atoms with Crippen molar-refractivity contribution in [3.63, 3.8) is 0 Å². The highest BCUT2D eigenvalue weighted by Gasteiger charge is 2.13. The quantitative estimate of drug-likeness (QED) is 0.390. The van der Waals surface area contributed by atoms with Crippen molar-refractivity contribution in [2.45, 2.75) is 32.2 Å². The summed E-state index contributed by atoms with van der Waals surface area (Å²) in [5.74, 6) is 0. The van der Waals surface area contributed by atoms with E-state index < -0.39 is 0 Å². The highest BCUT2D eigenvalue weighted by Crippen LogP contribution is 2.19. The van der Waals surface area contributed by atoms with Gasteiger partial charge in [0.25, 0.3) is 0 Å². The molecule has 0 bridgehead atoms. The second-order valence-electron chi connectivity index (χ2n) is 2.50. The molecule has 9 heavy (non-hydrogen) atoms. The van der Waals surface area contributed by atoms with Gasteiger partial charge >= 0.3 is 0 Å². The van der Waals surface area contributed by atoms with E-state index in [1.165, 1.54) is 0 Å². The summed E-state index contributed by atoms with van der Waals surface area (Å²) >= 11 is 0. The minimum Gasteiger partial charge on any atom is -0.150 e. The van der Waals surface area contributed by atoms with Crippen molar-refractivity contribution in [2.24, 2.45) is 5.18 Å². The smallest absolute Gasteiger partial charge is 0.113 e. The summed E-state index contributed by atoms with van der Waals surface area (Å²) in [4.78, 5) is 10.1. The number of nitroso groups, excluding NO2 is 1. The Morgan fingerprint density at radius 2 is 2.56 bits per heavy atom. The van der Waals surface area contributed by atoms with Gasteiger partial charge in [-0.2, -0.15) is 4.91 Å². The molecule has 0 aliphatic heterocycles. The zero-order valence-corrected chi connectivity index (χ0v) is 5.63. The Morgan fingerprint density at radius 1 is 1.78 bits per heavy atom. The fraction of sp³-hybridized carbons (Fsp3) is 0.714. The second kappa shape index (κ2) is 2.76. The topological polar surface area (TPSA) is 29.4 Å². The summed E-state index contributed by atoms with van der Waals surface area (Å²) in [6.07, 6.45) is 5.30. The molecule has 50 valence electrons. The van der Waals surface area contributed by atoms with Gasteiger partial charge in [0.1, 0.15) is 6.04 Å². The lowest BCUT2D eigenvalue weighted by molar-refractivity contribution is 0.613. The Morgan fingerprint density at radius 3 is 3.00 bits per heavy atom. The van der Waals surface area contributed by atoms with Gasteiger partial charge in [0.2, 0.25) is 0 Å². The van der Waals surface area contributed by atoms with E-state index in [0.717, 1.165) is 24.8 Å². The van der Waals surface area contributed by atoms with Crippen LogP contribution in [-0.4, -0.2) is 6.04 Å². The lowest BCUT2D eigenvalue weighted by atomic mass is 9.96. The van der Waals surface area contributed by atoms with Crippen LogP contribution < -0.4 is 0 Å². The van der Waals surface area contributed by atoms with Gasteiger partial charge < -0.3 is 0 Å². The lowest BCUT2D eigenvalue weighted by Gasteiger charge is -2.13. The van der Waals surface area contributed by atoms with Crippen LogP contribution in [-0.2, 0) is 0 Å². The van der Waals surface area contributed by atoms with Crippen LogP contribution in [0.2, 0.25) is 0 Å². The molecular formula is C7H11NO. The van der Waals surface area contributed by atoms with Crippen molar-refractivity contribution in [1.82, 2.24) is 0 Å². The molecule has 0 fully saturated rings. The van der Waals surface area contributed by atoms with E-state index in [-0.39, 0.29) is 6.04 Å². The molecular weight excluding hydrogens is 114 g/mol. The third-order valence-corrected chi connectivity index (χ3v) is 1.80. The Balaban J connectivity index is 2.60. The van der Waals surface area contributed by atoms with Crippen LogP contribution in [0.1, 0.15) is 26.2 Å². The molecule has 1 aliphatic rings. The van der Waals surface area contributed by atoms with Gasteiger partial charge in [-0.1, -0.05) is 11.3 Å². The van der Waals surface area contributed by atoms with Crippen molar-refractivity contribution in [3.05, 3.63) is 16.6 Å². The molecule has 1 unspecified atom stereocenters. The predicted molar refractivity (Wildman–Crippen MR) is 37.2 cm³/mol. The monoisotopic (exact) mass is 125 g/mol. The van der Waals surface area contributed by atoms with Crippen LogP contribution in [0, 0.1) is 4.91 Å². The van der Waals surface area contributed by atoms with Crippen LogP contribution in [0.4, 0.5) is 0 Å². The van der Waals surface area contributed by atoms with Crippen molar-refractivity contribution < 1.29 is 0 Å². The summed E-state index contributed by atoms with van der Waals surface area (Å²) in [5, 5.41) is 3.01. The number of rotatable bonds is 1. The summed E-state index contributed by atoms with van der Waals surface area (Å²) in [5.41, 5.74) is 1.15. The largest absolute Gasteiger partial charge is 0.150 e. The normalized spacial score (nSPS) is 27.2. The molecule has 0 heterocycles. The standard InChI is InChI=1S/C7H11NO/c1-6-4-2-3-5-7(6)8-9/h4,7H,2-3,5H2,1H3. The minimum atomic E-state index is -0.0150. The lowest BCUT2D eigenvalue weighted by Crippen LogP contribution is -2.08. The van der Waals surface area contributed by atoms with Crippen LogP contribution in [0.3, 0.4) is 0 Å². The molecule has 0 aromatic heterocycles. The maximum atomic E-state index is 10.1. The molecule has 0 aromatic carbocycles. The fourth-order valence-electron chi connectivity index (χ4n) is 1.14. The zero-order chi connectivity index (χ0) is 6.69. The van der Waals surface area contributed by atoms with E-state index in [2.05, 4.69) is 11.3 Å². The van der Waals surface area contributed by atoms with Gasteiger partial charge in [-0.3, -0.25) is 0 Å². The average Bonchev–Trinajstić information content (AvgIpc) is 1.89. The molecule has 0 aromatic rings. The first-order valence-corrected chi connectivity index (χ1v) is 3.33. The highest BCUT2D eigenvalue weighted by molar-refractivity contribution is 5.10. The van der Waals surface area contributed by atoms with Gasteiger partial charge in [-0.25, -0.2) is 0 Å². The summed E-state index contributed by atoms with van der Waals surface area (Å²) in [6.45, 7) is 1.98. The molecule has 2 nitrogen and oxygen atoms in total. The number of allylic oxidation sites excluding steroid dienone is 1. The minimum absolute atomic E-state index is 0.0150. The number of hydrogen-bond acceptors (Lipinski definition) is 2. The molecule has 2 heteroatoms. The van der Waals surface area contributed by atoms with E-state index in [9.17, 15) is 4.91 Å². The number of nitrogens with zero attached hydrogens (tertiary/aromatic N) is 1. The fourth-order valence-corrected chi connectivity index (χ4v) is 1.14. The van der Waals surface area contributed by atoms with E-state index in [0.29, 0.717) is 0 Å². The Labute approximate surface area is 54.9 Å². The van der Waals surface area contributed by atoms with Gasteiger partial charge in [-0.05, 0) is 31.8 Å². The van der Waals surface area contributed by atoms with Crippen molar-refractivity contribution in [3.8, 4) is 0 Å². The van der Waals surface area contributed by atoms with Gasteiger partial charge in [0, 0.05) is 0 Å². The van der Waals surface area contributed by atoms with Crippen LogP contribution in [0.15, 0.2) is 16.8 Å². The third-order valence-electron chi connectivity index (χ3n) is 1.80. The molecule has 0 radical (unpaired) electrons. The van der Waals surface area contributed by atoms with Gasteiger partial charge in [0.05, 0.1) is 0 Å². The summed E-state index contributed by atoms with van der Waals surface area (Å²) < 4.78 is 0. The third kappa shape index (κ3) is 1.37. The van der Waals surface area contributed by atoms with Gasteiger partial charge in [-0.15, -0.1) is 0 Å². The van der Waals surface area contributed by atoms with E-state index in [1.54, 1.807) is 0 Å². The Hall–Kier alpha value is -0.660. The Kier molecular flexibility index (Phi) is 1.98. The first-order chi connectivity index (χ1) is 4.34. The van der Waals surface area contributed by atoms with Gasteiger partial charge in [0.15, 0.2) is 0 Å². The van der Waals surface area contributed by atoms with Crippen LogP contribution in [0.5, 0.6) is 0 Å². The van der Waals surface area contributed by atoms with E-state index in [4.69, 9.17) is 0 Å². The van der Waals surface area contributed by atoms with E-state index in [1.807, 2.05) is 6.92 Å². The molecule has 0 saturated heterocycles. The van der Waals surface area contributed by atoms with Crippen LogP contribution >= 0.6 is 0 Å². The summed E-state index contributed by atoms with van der Waals surface area (Å²) in [7, 11) is 0. The molecule has 1 rings (SSSR count). The first kappa shape index (κ1) is 6.46. The summed E-state index contributed by atoms with van der Waals surface area (Å²) in [6, 6.07) is -0.0150. The first-order valence-electron chi connectivity index (χ1n) is 3.33. The van der Waals surface area contributed by atoms with E-state index >= 15 is 0 Å². The molecule has 0 saturated carbocycles. The SMILES string of the molecule is CC1=CCCCC1N=O. The second-order valence-corrected chi connectivity index (χ2v) is 2.50. The molecule has 1 aliphatic carbocycles. The molecule has 0 spiro atoms. The highest BCUT2D eigenvalue weighted by atomic mass is 16.3. The van der Waals surface area contributed by atoms with Crippen LogP contribution in [0.25, 0.3) is 0 Å². The maximum Gasteiger partial charge on any atom is 0.113 e. The average molecular weight is 125 g/mol. The zero-order valence-electron chi connectivity index (χ0n) is 5.63. The number of hydrogen-bond donors (Lipinski definition) is 0. The molecule has 1 atom stereocenters. The van der Waals surface area contributed by atoms with Crippen molar-refractivity contribution in [2.75, 3.05) is 0 Å².